The molecule has 1 aliphatic rings. The van der Waals surface area contributed by atoms with E-state index in [0.29, 0.717) is 5.82 Å². The first-order valence-corrected chi connectivity index (χ1v) is 9.92. The predicted molar refractivity (Wildman–Crippen MR) is 109 cm³/mol. The van der Waals surface area contributed by atoms with Crippen molar-refractivity contribution in [2.24, 2.45) is 0 Å². The normalized spacial score (nSPS) is 12.6. The molecule has 1 aromatic heterocycles. The molecule has 0 spiro atoms. The number of para-hydroxylation sites is 1. The van der Waals surface area contributed by atoms with Crippen molar-refractivity contribution >= 4 is 29.2 Å². The van der Waals surface area contributed by atoms with E-state index >= 15 is 0 Å². The Morgan fingerprint density at radius 1 is 1.18 bits per heavy atom. The number of hydrogen-bond donors (Lipinski definition) is 1. The molecule has 1 amide bonds. The zero-order valence-electron chi connectivity index (χ0n) is 15.4. The summed E-state index contributed by atoms with van der Waals surface area (Å²) in [6.07, 6.45) is 0. The second-order valence-electron chi connectivity index (χ2n) is 6.63. The Kier molecular flexibility index (Phi) is 4.64. The molecule has 4 rings (SSSR count). The standard InChI is InChI=1S/C20H18N4O3S/c1-12-6-5-9-17(13(12)2)23-19(15-10-28-11-16(15)22-23)21-20(25)14-7-3-4-8-18(14)24(26)27/h3-9H,10-11H2,1-2H3,(H,21,25). The van der Waals surface area contributed by atoms with E-state index in [1.165, 1.54) is 12.1 Å². The maximum atomic E-state index is 12.9. The van der Waals surface area contributed by atoms with Gasteiger partial charge in [-0.25, -0.2) is 4.68 Å². The maximum absolute atomic E-state index is 12.9. The highest BCUT2D eigenvalue weighted by Crippen LogP contribution is 2.37. The summed E-state index contributed by atoms with van der Waals surface area (Å²) in [5, 5.41) is 18.9. The molecule has 0 bridgehead atoms. The largest absolute Gasteiger partial charge is 0.306 e. The zero-order valence-corrected chi connectivity index (χ0v) is 16.2. The van der Waals surface area contributed by atoms with Crippen molar-refractivity contribution in [1.29, 1.82) is 0 Å². The molecule has 28 heavy (non-hydrogen) atoms. The first-order valence-electron chi connectivity index (χ1n) is 8.77. The third-order valence-corrected chi connectivity index (χ3v) is 5.90. The van der Waals surface area contributed by atoms with Gasteiger partial charge in [-0.15, -0.1) is 0 Å². The van der Waals surface area contributed by atoms with Crippen LogP contribution in [-0.4, -0.2) is 20.6 Å². The molecular weight excluding hydrogens is 376 g/mol. The highest BCUT2D eigenvalue weighted by Gasteiger charge is 2.27. The van der Waals surface area contributed by atoms with Gasteiger partial charge in [-0.05, 0) is 37.1 Å². The van der Waals surface area contributed by atoms with E-state index in [2.05, 4.69) is 5.32 Å². The first kappa shape index (κ1) is 18.2. The number of nitrogens with zero attached hydrogens (tertiary/aromatic N) is 3. The van der Waals surface area contributed by atoms with E-state index in [0.717, 1.165) is 39.6 Å². The van der Waals surface area contributed by atoms with Gasteiger partial charge in [0.25, 0.3) is 11.6 Å². The van der Waals surface area contributed by atoms with Crippen LogP contribution in [0.3, 0.4) is 0 Å². The number of hydrogen-bond acceptors (Lipinski definition) is 5. The van der Waals surface area contributed by atoms with E-state index in [1.807, 2.05) is 32.0 Å². The molecule has 0 unspecified atom stereocenters. The van der Waals surface area contributed by atoms with Gasteiger partial charge in [0.1, 0.15) is 11.4 Å². The van der Waals surface area contributed by atoms with Crippen LogP contribution < -0.4 is 5.32 Å². The fraction of sp³-hybridized carbons (Fsp3) is 0.200. The number of aromatic nitrogens is 2. The van der Waals surface area contributed by atoms with Crippen molar-refractivity contribution in [3.05, 3.63) is 80.5 Å². The lowest BCUT2D eigenvalue weighted by atomic mass is 10.1. The van der Waals surface area contributed by atoms with Gasteiger partial charge in [-0.3, -0.25) is 14.9 Å². The number of thioether (sulfide) groups is 1. The smallest absolute Gasteiger partial charge is 0.282 e. The Morgan fingerprint density at radius 3 is 2.75 bits per heavy atom. The lowest BCUT2D eigenvalue weighted by molar-refractivity contribution is -0.385. The molecule has 0 atom stereocenters. The summed E-state index contributed by atoms with van der Waals surface area (Å²) >= 11 is 1.73. The SMILES string of the molecule is Cc1cccc(-n2nc3c(c2NC(=O)c2ccccc2[N+](=O)[O-])CSC3)c1C. The summed E-state index contributed by atoms with van der Waals surface area (Å²) in [6.45, 7) is 4.04. The van der Waals surface area contributed by atoms with E-state index in [1.54, 1.807) is 28.6 Å². The molecule has 3 aromatic rings. The van der Waals surface area contributed by atoms with Crippen LogP contribution in [0.5, 0.6) is 0 Å². The Labute approximate surface area is 165 Å². The number of carbonyl (C=O) groups excluding carboxylic acids is 1. The lowest BCUT2D eigenvalue weighted by Crippen LogP contribution is -2.18. The molecule has 8 heteroatoms. The number of nitro benzene ring substituents is 1. The minimum absolute atomic E-state index is 0.0283. The molecule has 0 saturated heterocycles. The second-order valence-corrected chi connectivity index (χ2v) is 7.61. The van der Waals surface area contributed by atoms with Crippen LogP contribution in [0.15, 0.2) is 42.5 Å². The average molecular weight is 394 g/mol. The van der Waals surface area contributed by atoms with E-state index in [9.17, 15) is 14.9 Å². The number of fused-ring (bicyclic) bond motifs is 1. The number of nitrogens with one attached hydrogen (secondary N) is 1. The Morgan fingerprint density at radius 2 is 1.96 bits per heavy atom. The first-order chi connectivity index (χ1) is 13.5. The monoisotopic (exact) mass is 394 g/mol. The molecule has 2 aromatic carbocycles. The summed E-state index contributed by atoms with van der Waals surface area (Å²) in [7, 11) is 0. The van der Waals surface area contributed by atoms with Crippen LogP contribution in [-0.2, 0) is 11.5 Å². The van der Waals surface area contributed by atoms with Gasteiger partial charge in [0.2, 0.25) is 0 Å². The number of rotatable bonds is 4. The third-order valence-electron chi connectivity index (χ3n) is 4.93. The van der Waals surface area contributed by atoms with Gasteiger partial charge in [0.05, 0.1) is 16.3 Å². The summed E-state index contributed by atoms with van der Waals surface area (Å²) in [6, 6.07) is 11.9. The van der Waals surface area contributed by atoms with Crippen molar-refractivity contribution in [2.75, 3.05) is 5.32 Å². The molecule has 0 fully saturated rings. The molecule has 0 aliphatic carbocycles. The second kappa shape index (κ2) is 7.12. The van der Waals surface area contributed by atoms with Gasteiger partial charge in [-0.2, -0.15) is 16.9 Å². The van der Waals surface area contributed by atoms with Crippen LogP contribution in [0.25, 0.3) is 5.69 Å². The van der Waals surface area contributed by atoms with Crippen LogP contribution in [0.4, 0.5) is 11.5 Å². The third kappa shape index (κ3) is 3.05. The van der Waals surface area contributed by atoms with Crippen molar-refractivity contribution in [3.8, 4) is 5.69 Å². The summed E-state index contributed by atoms with van der Waals surface area (Å²) < 4.78 is 1.75. The molecule has 2 heterocycles. The van der Waals surface area contributed by atoms with Crippen LogP contribution in [0, 0.1) is 24.0 Å². The number of nitro groups is 1. The number of aryl methyl sites for hydroxylation is 1. The number of amides is 1. The fourth-order valence-electron chi connectivity index (χ4n) is 3.28. The zero-order chi connectivity index (χ0) is 19.8. The van der Waals surface area contributed by atoms with Crippen molar-refractivity contribution in [1.82, 2.24) is 9.78 Å². The van der Waals surface area contributed by atoms with Crippen LogP contribution >= 0.6 is 11.8 Å². The molecule has 142 valence electrons. The van der Waals surface area contributed by atoms with Gasteiger partial charge in [0, 0.05) is 23.1 Å². The van der Waals surface area contributed by atoms with E-state index < -0.39 is 10.8 Å². The predicted octanol–water partition coefficient (Wildman–Crippen LogP) is 4.40. The minimum Gasteiger partial charge on any atom is -0.306 e. The molecule has 1 aliphatic heterocycles. The van der Waals surface area contributed by atoms with Gasteiger partial charge in [-0.1, -0.05) is 24.3 Å². The average Bonchev–Trinajstić information content (AvgIpc) is 3.26. The van der Waals surface area contributed by atoms with Crippen molar-refractivity contribution in [3.63, 3.8) is 0 Å². The lowest BCUT2D eigenvalue weighted by Gasteiger charge is -2.14. The molecular formula is C20H18N4O3S. The highest BCUT2D eigenvalue weighted by molar-refractivity contribution is 7.98. The van der Waals surface area contributed by atoms with Gasteiger partial charge >= 0.3 is 0 Å². The summed E-state index contributed by atoms with van der Waals surface area (Å²) in [5.41, 5.74) is 4.79. The maximum Gasteiger partial charge on any atom is 0.282 e. The minimum atomic E-state index is -0.544. The summed E-state index contributed by atoms with van der Waals surface area (Å²) in [5.74, 6) is 1.59. The van der Waals surface area contributed by atoms with E-state index in [4.69, 9.17) is 5.10 Å². The number of anilines is 1. The van der Waals surface area contributed by atoms with Crippen LogP contribution in [0.2, 0.25) is 0 Å². The molecule has 0 saturated carbocycles. The Hall–Kier alpha value is -3.13. The summed E-state index contributed by atoms with van der Waals surface area (Å²) in [4.78, 5) is 23.7. The topological polar surface area (TPSA) is 90.1 Å². The van der Waals surface area contributed by atoms with Crippen molar-refractivity contribution < 1.29 is 9.72 Å². The fourth-order valence-corrected chi connectivity index (χ4v) is 4.32. The number of benzene rings is 2. The molecule has 1 N–H and O–H groups in total. The number of carbonyl (C=O) groups is 1. The molecule has 7 nitrogen and oxygen atoms in total. The van der Waals surface area contributed by atoms with Gasteiger partial charge in [0.15, 0.2) is 0 Å². The molecule has 0 radical (unpaired) electrons. The van der Waals surface area contributed by atoms with Crippen molar-refractivity contribution in [2.45, 2.75) is 25.4 Å². The van der Waals surface area contributed by atoms with E-state index in [-0.39, 0.29) is 11.3 Å². The van der Waals surface area contributed by atoms with Crippen LogP contribution in [0.1, 0.15) is 32.7 Å². The Balaban J connectivity index is 1.80. The quantitative estimate of drug-likeness (QED) is 0.523. The Bertz CT molecular complexity index is 1110. The van der Waals surface area contributed by atoms with Gasteiger partial charge < -0.3 is 5.32 Å². The highest BCUT2D eigenvalue weighted by atomic mass is 32.2.